The minimum absolute atomic E-state index is 0.216. The van der Waals surface area contributed by atoms with Gasteiger partial charge in [-0.15, -0.1) is 0 Å². The molecule has 0 heterocycles. The average Bonchev–Trinajstić information content (AvgIpc) is 2.89. The van der Waals surface area contributed by atoms with E-state index >= 15 is 0 Å². The molecule has 2 aliphatic rings. The molecule has 1 aromatic rings. The van der Waals surface area contributed by atoms with Gasteiger partial charge in [0, 0.05) is 15.2 Å². The molecule has 0 radical (unpaired) electrons. The van der Waals surface area contributed by atoms with Gasteiger partial charge in [-0.3, -0.25) is 4.79 Å². The predicted molar refractivity (Wildman–Crippen MR) is 72.1 cm³/mol. The summed E-state index contributed by atoms with van der Waals surface area (Å²) in [4.78, 5) is 12.0. The molecular formula is C13H14INO. The van der Waals surface area contributed by atoms with Crippen LogP contribution in [0.1, 0.15) is 19.3 Å². The van der Waals surface area contributed by atoms with Crippen LogP contribution in [0.3, 0.4) is 0 Å². The largest absolute Gasteiger partial charge is 0.326 e. The second-order valence-corrected chi connectivity index (χ2v) is 6.17. The molecule has 16 heavy (non-hydrogen) atoms. The Morgan fingerprint density at radius 1 is 1.12 bits per heavy atom. The smallest absolute Gasteiger partial charge is 0.227 e. The van der Waals surface area contributed by atoms with Crippen LogP contribution >= 0.6 is 22.6 Å². The Kier molecular flexibility index (Phi) is 2.65. The number of carbonyl (C=O) groups excluding carboxylic acids is 1. The highest BCUT2D eigenvalue weighted by Crippen LogP contribution is 2.54. The Hall–Kier alpha value is -0.580. The molecule has 2 fully saturated rings. The summed E-state index contributed by atoms with van der Waals surface area (Å²) in [5.74, 6) is 2.22. The van der Waals surface area contributed by atoms with Crippen molar-refractivity contribution < 1.29 is 4.79 Å². The van der Waals surface area contributed by atoms with E-state index in [2.05, 4.69) is 27.9 Å². The number of carbonyl (C=O) groups is 1. The van der Waals surface area contributed by atoms with Gasteiger partial charge in [-0.05, 0) is 78.0 Å². The zero-order valence-electron chi connectivity index (χ0n) is 8.95. The first kappa shape index (κ1) is 10.6. The number of nitrogens with one attached hydrogen (secondary N) is 1. The lowest BCUT2D eigenvalue weighted by Crippen LogP contribution is -2.21. The minimum Gasteiger partial charge on any atom is -0.326 e. The number of halogens is 1. The van der Waals surface area contributed by atoms with Crippen LogP contribution in [0.25, 0.3) is 0 Å². The first-order valence-corrected chi connectivity index (χ1v) is 6.86. The molecule has 84 valence electrons. The summed E-state index contributed by atoms with van der Waals surface area (Å²) in [6, 6.07) is 7.97. The van der Waals surface area contributed by atoms with E-state index in [4.69, 9.17) is 0 Å². The van der Waals surface area contributed by atoms with Crippen LogP contribution in [0.5, 0.6) is 0 Å². The third-order valence-corrected chi connectivity index (χ3v) is 4.45. The first-order chi connectivity index (χ1) is 7.72. The topological polar surface area (TPSA) is 29.1 Å². The molecule has 3 heteroatoms. The average molecular weight is 327 g/mol. The van der Waals surface area contributed by atoms with Gasteiger partial charge in [0.05, 0.1) is 0 Å². The van der Waals surface area contributed by atoms with Gasteiger partial charge in [-0.1, -0.05) is 0 Å². The number of anilines is 1. The molecule has 2 nitrogen and oxygen atoms in total. The summed E-state index contributed by atoms with van der Waals surface area (Å²) < 4.78 is 1.19. The maximum absolute atomic E-state index is 12.0. The highest BCUT2D eigenvalue weighted by molar-refractivity contribution is 14.1. The normalized spacial score (nSPS) is 30.9. The molecule has 3 rings (SSSR count). The van der Waals surface area contributed by atoms with Crippen molar-refractivity contribution in [2.75, 3.05) is 5.32 Å². The van der Waals surface area contributed by atoms with Crippen molar-refractivity contribution >= 4 is 34.2 Å². The predicted octanol–water partition coefficient (Wildman–Crippen LogP) is 3.28. The van der Waals surface area contributed by atoms with Crippen LogP contribution in [0.15, 0.2) is 24.3 Å². The summed E-state index contributed by atoms with van der Waals surface area (Å²) in [6.07, 6.45) is 3.59. The van der Waals surface area contributed by atoms with Crippen LogP contribution in [0.4, 0.5) is 5.69 Å². The fourth-order valence-corrected chi connectivity index (χ4v) is 3.07. The first-order valence-electron chi connectivity index (χ1n) is 5.79. The number of rotatable bonds is 2. The van der Waals surface area contributed by atoms with Crippen molar-refractivity contribution in [2.45, 2.75) is 19.3 Å². The Morgan fingerprint density at radius 2 is 1.75 bits per heavy atom. The Labute approximate surface area is 109 Å². The quantitative estimate of drug-likeness (QED) is 0.830. The zero-order valence-corrected chi connectivity index (χ0v) is 11.1. The molecule has 0 aliphatic heterocycles. The van der Waals surface area contributed by atoms with Gasteiger partial charge in [0.15, 0.2) is 0 Å². The molecule has 0 saturated heterocycles. The number of hydrogen-bond donors (Lipinski definition) is 1. The molecule has 2 unspecified atom stereocenters. The van der Waals surface area contributed by atoms with Crippen LogP contribution in [0.2, 0.25) is 0 Å². The highest BCUT2D eigenvalue weighted by Gasteiger charge is 2.47. The van der Waals surface area contributed by atoms with Crippen LogP contribution in [0, 0.1) is 21.3 Å². The molecule has 2 aliphatic carbocycles. The van der Waals surface area contributed by atoms with E-state index in [0.717, 1.165) is 30.4 Å². The van der Waals surface area contributed by atoms with Crippen molar-refractivity contribution in [3.8, 4) is 0 Å². The summed E-state index contributed by atoms with van der Waals surface area (Å²) >= 11 is 2.26. The van der Waals surface area contributed by atoms with E-state index in [9.17, 15) is 4.79 Å². The molecule has 0 spiro atoms. The van der Waals surface area contributed by atoms with Crippen LogP contribution < -0.4 is 5.32 Å². The number of hydrogen-bond acceptors (Lipinski definition) is 1. The molecule has 2 saturated carbocycles. The van der Waals surface area contributed by atoms with E-state index in [1.54, 1.807) is 0 Å². The van der Waals surface area contributed by atoms with Gasteiger partial charge in [-0.2, -0.15) is 0 Å². The van der Waals surface area contributed by atoms with Gasteiger partial charge in [0.25, 0.3) is 0 Å². The third-order valence-electron chi connectivity index (χ3n) is 3.73. The summed E-state index contributed by atoms with van der Waals surface area (Å²) in [6.45, 7) is 0. The minimum atomic E-state index is 0.216. The summed E-state index contributed by atoms with van der Waals surface area (Å²) in [7, 11) is 0. The molecule has 2 atom stereocenters. The molecule has 0 bridgehead atoms. The maximum Gasteiger partial charge on any atom is 0.227 e. The summed E-state index contributed by atoms with van der Waals surface area (Å²) in [5.41, 5.74) is 0.922. The molecule has 1 N–H and O–H groups in total. The fraction of sp³-hybridized carbons (Fsp3) is 0.462. The monoisotopic (exact) mass is 327 g/mol. The van der Waals surface area contributed by atoms with Crippen molar-refractivity contribution in [3.05, 3.63) is 27.8 Å². The van der Waals surface area contributed by atoms with E-state index < -0.39 is 0 Å². The van der Waals surface area contributed by atoms with E-state index in [-0.39, 0.29) is 11.8 Å². The maximum atomic E-state index is 12.0. The molecule has 1 amide bonds. The fourth-order valence-electron chi connectivity index (χ4n) is 2.71. The van der Waals surface area contributed by atoms with Crippen LogP contribution in [-0.4, -0.2) is 5.91 Å². The summed E-state index contributed by atoms with van der Waals surface area (Å²) in [5, 5.41) is 3.01. The standard InChI is InChI=1S/C13H14INO/c14-11-1-3-12(4-2-11)15-13(16)10-6-8-5-9(8)7-10/h1-4,8-10H,5-7H2,(H,15,16). The Balaban J connectivity index is 1.61. The van der Waals surface area contributed by atoms with Crippen molar-refractivity contribution in [3.63, 3.8) is 0 Å². The number of benzene rings is 1. The molecule has 1 aromatic carbocycles. The number of amides is 1. The lowest BCUT2D eigenvalue weighted by molar-refractivity contribution is -0.120. The lowest BCUT2D eigenvalue weighted by Gasteiger charge is -2.12. The van der Waals surface area contributed by atoms with E-state index in [1.165, 1.54) is 9.99 Å². The van der Waals surface area contributed by atoms with Gasteiger partial charge in [0.1, 0.15) is 0 Å². The van der Waals surface area contributed by atoms with E-state index in [0.29, 0.717) is 0 Å². The second-order valence-electron chi connectivity index (χ2n) is 4.92. The lowest BCUT2D eigenvalue weighted by atomic mass is 10.0. The molecule has 0 aromatic heterocycles. The van der Waals surface area contributed by atoms with Gasteiger partial charge < -0.3 is 5.32 Å². The van der Waals surface area contributed by atoms with Crippen molar-refractivity contribution in [2.24, 2.45) is 17.8 Å². The Morgan fingerprint density at radius 3 is 2.38 bits per heavy atom. The highest BCUT2D eigenvalue weighted by atomic mass is 127. The van der Waals surface area contributed by atoms with Gasteiger partial charge in [-0.25, -0.2) is 0 Å². The zero-order chi connectivity index (χ0) is 11.1. The van der Waals surface area contributed by atoms with Gasteiger partial charge >= 0.3 is 0 Å². The van der Waals surface area contributed by atoms with E-state index in [1.807, 2.05) is 24.3 Å². The molecular weight excluding hydrogens is 313 g/mol. The second kappa shape index (κ2) is 4.02. The Bertz CT molecular complexity index is 404. The number of fused-ring (bicyclic) bond motifs is 1. The van der Waals surface area contributed by atoms with Crippen molar-refractivity contribution in [1.82, 2.24) is 0 Å². The van der Waals surface area contributed by atoms with Crippen LogP contribution in [-0.2, 0) is 4.79 Å². The third kappa shape index (κ3) is 2.10. The van der Waals surface area contributed by atoms with Gasteiger partial charge in [0.2, 0.25) is 5.91 Å². The SMILES string of the molecule is O=C(Nc1ccc(I)cc1)C1CC2CC2C1. The van der Waals surface area contributed by atoms with Crippen molar-refractivity contribution in [1.29, 1.82) is 0 Å².